The SMILES string of the molecule is C/C=C\C=C/C1=C(C)CCN(C(C)C)C1. The summed E-state index contributed by atoms with van der Waals surface area (Å²) in [6, 6.07) is 0.656. The van der Waals surface area contributed by atoms with E-state index in [1.807, 2.05) is 6.92 Å². The molecule has 0 atom stereocenters. The predicted molar refractivity (Wildman–Crippen MR) is 68.0 cm³/mol. The third-order valence-corrected chi connectivity index (χ3v) is 3.03. The molecule has 0 aromatic carbocycles. The Balaban J connectivity index is 2.68. The minimum Gasteiger partial charge on any atom is -0.296 e. The third-order valence-electron chi connectivity index (χ3n) is 3.03. The Morgan fingerprint density at radius 2 is 2.00 bits per heavy atom. The van der Waals surface area contributed by atoms with E-state index < -0.39 is 0 Å². The van der Waals surface area contributed by atoms with Crippen LogP contribution in [0, 0.1) is 0 Å². The zero-order valence-electron chi connectivity index (χ0n) is 10.5. The lowest BCUT2D eigenvalue weighted by atomic mass is 10.00. The van der Waals surface area contributed by atoms with E-state index in [-0.39, 0.29) is 0 Å². The largest absolute Gasteiger partial charge is 0.296 e. The van der Waals surface area contributed by atoms with Gasteiger partial charge in [0.05, 0.1) is 0 Å². The summed E-state index contributed by atoms with van der Waals surface area (Å²) in [7, 11) is 0. The van der Waals surface area contributed by atoms with Crippen LogP contribution in [-0.4, -0.2) is 24.0 Å². The van der Waals surface area contributed by atoms with Crippen LogP contribution < -0.4 is 0 Å². The van der Waals surface area contributed by atoms with Crippen molar-refractivity contribution in [3.05, 3.63) is 35.5 Å². The Morgan fingerprint density at radius 1 is 1.27 bits per heavy atom. The van der Waals surface area contributed by atoms with Crippen LogP contribution in [0.25, 0.3) is 0 Å². The second-order valence-electron chi connectivity index (χ2n) is 4.50. The molecule has 1 nitrogen and oxygen atoms in total. The molecule has 1 heterocycles. The Bertz CT molecular complexity index is 282. The molecule has 0 amide bonds. The number of rotatable bonds is 3. The van der Waals surface area contributed by atoms with E-state index in [0.717, 1.165) is 6.54 Å². The van der Waals surface area contributed by atoms with Crippen molar-refractivity contribution in [1.82, 2.24) is 4.90 Å². The maximum Gasteiger partial charge on any atom is 0.0236 e. The highest BCUT2D eigenvalue weighted by Crippen LogP contribution is 2.20. The quantitative estimate of drug-likeness (QED) is 0.637. The van der Waals surface area contributed by atoms with Crippen LogP contribution in [0.1, 0.15) is 34.1 Å². The normalized spacial score (nSPS) is 20.1. The van der Waals surface area contributed by atoms with E-state index >= 15 is 0 Å². The van der Waals surface area contributed by atoms with Gasteiger partial charge in [0.15, 0.2) is 0 Å². The maximum atomic E-state index is 2.53. The van der Waals surface area contributed by atoms with Crippen LogP contribution in [0.2, 0.25) is 0 Å². The first-order valence-corrected chi connectivity index (χ1v) is 5.87. The Morgan fingerprint density at radius 3 is 2.60 bits per heavy atom. The summed E-state index contributed by atoms with van der Waals surface area (Å²) < 4.78 is 0. The lowest BCUT2D eigenvalue weighted by Gasteiger charge is -2.31. The predicted octanol–water partition coefficient (Wildman–Crippen LogP) is 3.55. The average molecular weight is 205 g/mol. The van der Waals surface area contributed by atoms with E-state index in [4.69, 9.17) is 0 Å². The fraction of sp³-hybridized carbons (Fsp3) is 0.571. The first-order chi connectivity index (χ1) is 7.15. The molecular formula is C14H23N. The molecule has 0 aromatic heterocycles. The molecule has 0 N–H and O–H groups in total. The first-order valence-electron chi connectivity index (χ1n) is 5.87. The second-order valence-corrected chi connectivity index (χ2v) is 4.50. The van der Waals surface area contributed by atoms with Gasteiger partial charge in [-0.1, -0.05) is 29.9 Å². The van der Waals surface area contributed by atoms with Crippen molar-refractivity contribution in [3.8, 4) is 0 Å². The molecule has 1 aliphatic rings. The molecule has 1 aliphatic heterocycles. The molecule has 0 aliphatic carbocycles. The van der Waals surface area contributed by atoms with Gasteiger partial charge < -0.3 is 0 Å². The summed E-state index contributed by atoms with van der Waals surface area (Å²) >= 11 is 0. The van der Waals surface area contributed by atoms with Crippen molar-refractivity contribution < 1.29 is 0 Å². The summed E-state index contributed by atoms with van der Waals surface area (Å²) in [6.45, 7) is 11.2. The topological polar surface area (TPSA) is 3.24 Å². The van der Waals surface area contributed by atoms with E-state index in [9.17, 15) is 0 Å². The van der Waals surface area contributed by atoms with Gasteiger partial charge in [-0.25, -0.2) is 0 Å². The molecule has 0 aromatic rings. The summed E-state index contributed by atoms with van der Waals surface area (Å²) in [5.74, 6) is 0. The van der Waals surface area contributed by atoms with Crippen LogP contribution in [0.15, 0.2) is 35.5 Å². The fourth-order valence-corrected chi connectivity index (χ4v) is 1.82. The summed E-state index contributed by atoms with van der Waals surface area (Å²) in [5, 5.41) is 0. The van der Waals surface area contributed by atoms with E-state index in [1.165, 1.54) is 18.5 Å². The molecule has 1 rings (SSSR count). The van der Waals surface area contributed by atoms with Gasteiger partial charge in [-0.15, -0.1) is 0 Å². The summed E-state index contributed by atoms with van der Waals surface area (Å²) in [4.78, 5) is 2.53. The molecule has 0 radical (unpaired) electrons. The van der Waals surface area contributed by atoms with Crippen molar-refractivity contribution in [2.45, 2.75) is 40.2 Å². The lowest BCUT2D eigenvalue weighted by Crippen LogP contribution is -2.36. The standard InChI is InChI=1S/C14H23N/c1-5-6-7-8-14-11-15(12(2)3)10-9-13(14)4/h5-8,12H,9-11H2,1-4H3/b6-5-,8-7-. The van der Waals surface area contributed by atoms with Crippen molar-refractivity contribution in [3.63, 3.8) is 0 Å². The zero-order valence-corrected chi connectivity index (χ0v) is 10.5. The Hall–Kier alpha value is -0.820. The highest BCUT2D eigenvalue weighted by molar-refractivity contribution is 5.30. The van der Waals surface area contributed by atoms with E-state index in [0.29, 0.717) is 6.04 Å². The molecule has 15 heavy (non-hydrogen) atoms. The minimum absolute atomic E-state index is 0.656. The molecule has 0 unspecified atom stereocenters. The molecule has 0 fully saturated rings. The second kappa shape index (κ2) is 5.92. The summed E-state index contributed by atoms with van der Waals surface area (Å²) in [5.41, 5.74) is 3.04. The smallest absolute Gasteiger partial charge is 0.0236 e. The first kappa shape index (κ1) is 12.3. The van der Waals surface area contributed by atoms with Gasteiger partial charge in [0.2, 0.25) is 0 Å². The van der Waals surface area contributed by atoms with Crippen molar-refractivity contribution in [2.24, 2.45) is 0 Å². The van der Waals surface area contributed by atoms with Gasteiger partial charge in [-0.2, -0.15) is 0 Å². The van der Waals surface area contributed by atoms with Gasteiger partial charge in [-0.05, 0) is 39.7 Å². The van der Waals surface area contributed by atoms with Crippen molar-refractivity contribution in [2.75, 3.05) is 13.1 Å². The molecule has 0 bridgehead atoms. The van der Waals surface area contributed by atoms with Gasteiger partial charge in [-0.3, -0.25) is 4.90 Å². The third kappa shape index (κ3) is 3.67. The van der Waals surface area contributed by atoms with Crippen molar-refractivity contribution >= 4 is 0 Å². The van der Waals surface area contributed by atoms with Crippen LogP contribution in [-0.2, 0) is 0 Å². The Kier molecular flexibility index (Phi) is 4.83. The van der Waals surface area contributed by atoms with E-state index in [1.54, 1.807) is 5.57 Å². The fourth-order valence-electron chi connectivity index (χ4n) is 1.82. The van der Waals surface area contributed by atoms with E-state index in [2.05, 4.69) is 50.0 Å². The summed E-state index contributed by atoms with van der Waals surface area (Å²) in [6.07, 6.45) is 9.77. The van der Waals surface area contributed by atoms with Crippen molar-refractivity contribution in [1.29, 1.82) is 0 Å². The molecule has 0 saturated carbocycles. The van der Waals surface area contributed by atoms with Crippen LogP contribution >= 0.6 is 0 Å². The maximum absolute atomic E-state index is 2.53. The molecular weight excluding hydrogens is 182 g/mol. The van der Waals surface area contributed by atoms with Crippen LogP contribution in [0.4, 0.5) is 0 Å². The van der Waals surface area contributed by atoms with Gasteiger partial charge in [0.25, 0.3) is 0 Å². The average Bonchev–Trinajstić information content (AvgIpc) is 2.20. The Labute approximate surface area is 94.2 Å². The highest BCUT2D eigenvalue weighted by atomic mass is 15.1. The molecule has 0 spiro atoms. The number of allylic oxidation sites excluding steroid dienone is 3. The van der Waals surface area contributed by atoms with Crippen LogP contribution in [0.3, 0.4) is 0 Å². The molecule has 84 valence electrons. The number of hydrogen-bond acceptors (Lipinski definition) is 1. The van der Waals surface area contributed by atoms with Gasteiger partial charge in [0.1, 0.15) is 0 Å². The molecule has 1 heteroatoms. The van der Waals surface area contributed by atoms with Gasteiger partial charge in [0, 0.05) is 19.1 Å². The zero-order chi connectivity index (χ0) is 11.3. The monoisotopic (exact) mass is 205 g/mol. The number of hydrogen-bond donors (Lipinski definition) is 0. The lowest BCUT2D eigenvalue weighted by molar-refractivity contribution is 0.234. The minimum atomic E-state index is 0.656. The van der Waals surface area contributed by atoms with Gasteiger partial charge >= 0.3 is 0 Å². The highest BCUT2D eigenvalue weighted by Gasteiger charge is 2.16. The number of nitrogens with zero attached hydrogens (tertiary/aromatic N) is 1. The molecule has 0 saturated heterocycles. The van der Waals surface area contributed by atoms with Crippen LogP contribution in [0.5, 0.6) is 0 Å².